The lowest BCUT2D eigenvalue weighted by atomic mass is 10.1. The van der Waals surface area contributed by atoms with Crippen LogP contribution in [0.2, 0.25) is 0 Å². The van der Waals surface area contributed by atoms with Crippen molar-refractivity contribution in [2.45, 2.75) is 13.0 Å². The molecule has 16 heavy (non-hydrogen) atoms. The smallest absolute Gasteiger partial charge is 0.245 e. The van der Waals surface area contributed by atoms with Gasteiger partial charge in [-0.05, 0) is 24.6 Å². The molecule has 0 unspecified atom stereocenters. The maximum atomic E-state index is 4.53. The Kier molecular flexibility index (Phi) is 2.07. The van der Waals surface area contributed by atoms with E-state index in [1.807, 2.05) is 29.9 Å². The molecule has 1 aliphatic rings. The van der Waals surface area contributed by atoms with Gasteiger partial charge in [0.25, 0.3) is 0 Å². The Morgan fingerprint density at radius 3 is 3.00 bits per heavy atom. The fourth-order valence-corrected chi connectivity index (χ4v) is 1.83. The van der Waals surface area contributed by atoms with Crippen LogP contribution in [0.1, 0.15) is 5.56 Å². The summed E-state index contributed by atoms with van der Waals surface area (Å²) in [7, 11) is 2.05. The summed E-state index contributed by atoms with van der Waals surface area (Å²) in [6.07, 6.45) is 1.95. The third kappa shape index (κ3) is 1.44. The molecule has 1 N–H and O–H groups in total. The van der Waals surface area contributed by atoms with Gasteiger partial charge in [0.2, 0.25) is 5.95 Å². The third-order valence-electron chi connectivity index (χ3n) is 3.10. The van der Waals surface area contributed by atoms with Gasteiger partial charge in [-0.2, -0.15) is 4.98 Å². The molecule has 0 radical (unpaired) electrons. The van der Waals surface area contributed by atoms with Gasteiger partial charge in [0.1, 0.15) is 0 Å². The van der Waals surface area contributed by atoms with Crippen LogP contribution >= 0.6 is 0 Å². The summed E-state index contributed by atoms with van der Waals surface area (Å²) in [5, 5.41) is 7.71. The molecule has 5 heteroatoms. The zero-order chi connectivity index (χ0) is 11.1. The van der Waals surface area contributed by atoms with E-state index in [-0.39, 0.29) is 0 Å². The molecule has 0 spiro atoms. The number of rotatable bonds is 2. The predicted molar refractivity (Wildman–Crippen MR) is 62.8 cm³/mol. The first-order valence-corrected chi connectivity index (χ1v) is 5.50. The number of likely N-dealkylation sites (N-methyl/N-ethyl adjacent to an activating group) is 1. The van der Waals surface area contributed by atoms with Crippen molar-refractivity contribution in [1.82, 2.24) is 19.9 Å². The molecule has 0 aromatic carbocycles. The molecule has 2 aromatic rings. The van der Waals surface area contributed by atoms with Crippen molar-refractivity contribution >= 4 is 11.6 Å². The Morgan fingerprint density at radius 1 is 1.50 bits per heavy atom. The molecule has 0 bridgehead atoms. The first-order valence-electron chi connectivity index (χ1n) is 5.50. The van der Waals surface area contributed by atoms with Crippen molar-refractivity contribution in [2.24, 2.45) is 0 Å². The van der Waals surface area contributed by atoms with E-state index < -0.39 is 0 Å². The number of fused-ring (bicyclic) bond motifs is 1. The van der Waals surface area contributed by atoms with E-state index in [9.17, 15) is 0 Å². The third-order valence-corrected chi connectivity index (χ3v) is 3.10. The molecule has 1 aliphatic heterocycles. The van der Waals surface area contributed by atoms with Gasteiger partial charge >= 0.3 is 0 Å². The zero-order valence-corrected chi connectivity index (χ0v) is 9.51. The van der Waals surface area contributed by atoms with E-state index in [4.69, 9.17) is 0 Å². The number of nitrogens with zero attached hydrogens (tertiary/aromatic N) is 4. The highest BCUT2D eigenvalue weighted by Gasteiger charge is 2.24. The maximum Gasteiger partial charge on any atom is 0.245 e. The minimum Gasteiger partial charge on any atom is -0.337 e. The fraction of sp³-hybridized carbons (Fsp3) is 0.455. The summed E-state index contributed by atoms with van der Waals surface area (Å²) in [5.74, 6) is 0.803. The van der Waals surface area contributed by atoms with Crippen molar-refractivity contribution in [1.29, 1.82) is 0 Å². The lowest BCUT2D eigenvalue weighted by molar-refractivity contribution is 0.424. The molecule has 0 aliphatic carbocycles. The van der Waals surface area contributed by atoms with Crippen LogP contribution in [0.15, 0.2) is 18.3 Å². The lowest BCUT2D eigenvalue weighted by Crippen LogP contribution is -2.56. The molecule has 84 valence electrons. The standard InChI is InChI=1S/C11H15N5/c1-8-3-4-16-10(5-8)13-11(14-16)15(2)9-6-12-7-9/h3-5,9,12H,6-7H2,1-2H3. The van der Waals surface area contributed by atoms with Crippen LogP contribution in [0.5, 0.6) is 0 Å². The van der Waals surface area contributed by atoms with E-state index in [0.29, 0.717) is 6.04 Å². The number of nitrogens with one attached hydrogen (secondary N) is 1. The second kappa shape index (κ2) is 3.45. The summed E-state index contributed by atoms with van der Waals surface area (Å²) >= 11 is 0. The second-order valence-electron chi connectivity index (χ2n) is 4.34. The van der Waals surface area contributed by atoms with Crippen LogP contribution < -0.4 is 10.2 Å². The van der Waals surface area contributed by atoms with E-state index in [1.165, 1.54) is 5.56 Å². The monoisotopic (exact) mass is 217 g/mol. The first kappa shape index (κ1) is 9.59. The summed E-state index contributed by atoms with van der Waals surface area (Å²) < 4.78 is 1.82. The van der Waals surface area contributed by atoms with Gasteiger partial charge in [-0.3, -0.25) is 0 Å². The largest absolute Gasteiger partial charge is 0.337 e. The highest BCUT2D eigenvalue weighted by atomic mass is 15.4. The molecule has 0 saturated carbocycles. The van der Waals surface area contributed by atoms with Crippen molar-refractivity contribution in [3.8, 4) is 0 Å². The average molecular weight is 217 g/mol. The molecule has 0 amide bonds. The molecule has 3 heterocycles. The van der Waals surface area contributed by atoms with Gasteiger partial charge in [-0.25, -0.2) is 4.52 Å². The summed E-state index contributed by atoms with van der Waals surface area (Å²) in [6, 6.07) is 4.61. The number of hydrogen-bond donors (Lipinski definition) is 1. The van der Waals surface area contributed by atoms with Gasteiger partial charge in [-0.15, -0.1) is 5.10 Å². The molecule has 0 atom stereocenters. The van der Waals surface area contributed by atoms with Crippen molar-refractivity contribution in [3.63, 3.8) is 0 Å². The van der Waals surface area contributed by atoms with Gasteiger partial charge in [-0.1, -0.05) is 0 Å². The number of anilines is 1. The molecule has 3 rings (SSSR count). The van der Waals surface area contributed by atoms with Crippen LogP contribution in [0.3, 0.4) is 0 Å². The van der Waals surface area contributed by atoms with Crippen molar-refractivity contribution in [3.05, 3.63) is 23.9 Å². The van der Waals surface area contributed by atoms with Gasteiger partial charge in [0, 0.05) is 26.3 Å². The highest BCUT2D eigenvalue weighted by Crippen LogP contribution is 2.14. The van der Waals surface area contributed by atoms with E-state index in [1.54, 1.807) is 0 Å². The molecule has 5 nitrogen and oxygen atoms in total. The highest BCUT2D eigenvalue weighted by molar-refractivity contribution is 5.46. The molecule has 1 fully saturated rings. The van der Waals surface area contributed by atoms with Crippen molar-refractivity contribution in [2.75, 3.05) is 25.0 Å². The van der Waals surface area contributed by atoms with Crippen LogP contribution in [0.4, 0.5) is 5.95 Å². The number of hydrogen-bond acceptors (Lipinski definition) is 4. The summed E-state index contributed by atoms with van der Waals surface area (Å²) in [6.45, 7) is 4.10. The predicted octanol–water partition coefficient (Wildman–Crippen LogP) is 0.446. The zero-order valence-electron chi connectivity index (χ0n) is 9.51. The number of pyridine rings is 1. The normalized spacial score (nSPS) is 16.4. The lowest BCUT2D eigenvalue weighted by Gasteiger charge is -2.34. The minimum atomic E-state index is 0.526. The van der Waals surface area contributed by atoms with Gasteiger partial charge < -0.3 is 10.2 Å². The Morgan fingerprint density at radius 2 is 2.31 bits per heavy atom. The fourth-order valence-electron chi connectivity index (χ4n) is 1.83. The minimum absolute atomic E-state index is 0.526. The Labute approximate surface area is 94.1 Å². The number of aromatic nitrogens is 3. The van der Waals surface area contributed by atoms with Gasteiger partial charge in [0.05, 0.1) is 6.04 Å². The van der Waals surface area contributed by atoms with E-state index >= 15 is 0 Å². The Balaban J connectivity index is 1.97. The van der Waals surface area contributed by atoms with Crippen molar-refractivity contribution < 1.29 is 0 Å². The number of aryl methyl sites for hydroxylation is 1. The maximum absolute atomic E-state index is 4.53. The Hall–Kier alpha value is -1.62. The Bertz CT molecular complexity index is 514. The summed E-state index contributed by atoms with van der Waals surface area (Å²) in [4.78, 5) is 6.66. The van der Waals surface area contributed by atoms with Gasteiger partial charge in [0.15, 0.2) is 5.65 Å². The molecular weight excluding hydrogens is 202 g/mol. The first-order chi connectivity index (χ1) is 7.74. The molecule has 1 saturated heterocycles. The second-order valence-corrected chi connectivity index (χ2v) is 4.34. The van der Waals surface area contributed by atoms with Crippen LogP contribution in [-0.4, -0.2) is 40.8 Å². The molecule has 2 aromatic heterocycles. The van der Waals surface area contributed by atoms with E-state index in [0.717, 1.165) is 24.7 Å². The van der Waals surface area contributed by atoms with E-state index in [2.05, 4.69) is 27.2 Å². The van der Waals surface area contributed by atoms with Crippen LogP contribution in [0, 0.1) is 6.92 Å². The van der Waals surface area contributed by atoms with Crippen LogP contribution in [-0.2, 0) is 0 Å². The quantitative estimate of drug-likeness (QED) is 0.793. The van der Waals surface area contributed by atoms with Crippen LogP contribution in [0.25, 0.3) is 5.65 Å². The average Bonchev–Trinajstić information content (AvgIpc) is 2.57. The topological polar surface area (TPSA) is 45.5 Å². The SMILES string of the molecule is Cc1ccn2nc(N(C)C3CNC3)nc2c1. The molecular formula is C11H15N5. The summed E-state index contributed by atoms with van der Waals surface area (Å²) in [5.41, 5.74) is 2.12.